The van der Waals surface area contributed by atoms with E-state index < -0.39 is 29.8 Å². The van der Waals surface area contributed by atoms with E-state index in [0.717, 1.165) is 38.3 Å². The zero-order valence-corrected chi connectivity index (χ0v) is 13.1. The van der Waals surface area contributed by atoms with Crippen LogP contribution in [0.1, 0.15) is 11.5 Å². The number of nitrogens with two attached hydrogens (primary N) is 1. The molecule has 0 radical (unpaired) electrons. The third-order valence-corrected chi connectivity index (χ3v) is 3.96. The quantitative estimate of drug-likeness (QED) is 0.820. The van der Waals surface area contributed by atoms with Crippen LogP contribution in [0.2, 0.25) is 0 Å². The van der Waals surface area contributed by atoms with E-state index >= 15 is 0 Å². The number of likely N-dealkylation sites (N-methyl/N-ethyl adjacent to an activating group) is 1. The van der Waals surface area contributed by atoms with Crippen LogP contribution in [0.25, 0.3) is 0 Å². The molecule has 0 spiro atoms. The monoisotopic (exact) mass is 349 g/mol. The first-order valence-electron chi connectivity index (χ1n) is 7.41. The Morgan fingerprint density at radius 2 is 1.92 bits per heavy atom. The second-order valence-electron chi connectivity index (χ2n) is 5.80. The van der Waals surface area contributed by atoms with Crippen LogP contribution in [0.3, 0.4) is 0 Å². The van der Waals surface area contributed by atoms with Crippen molar-refractivity contribution < 1.29 is 27.1 Å². The lowest BCUT2D eigenvalue weighted by atomic mass is 9.97. The van der Waals surface area contributed by atoms with Gasteiger partial charge in [0.1, 0.15) is 0 Å². The molecule has 0 aliphatic carbocycles. The fourth-order valence-electron chi connectivity index (χ4n) is 2.59. The van der Waals surface area contributed by atoms with E-state index in [4.69, 9.17) is 5.73 Å². The van der Waals surface area contributed by atoms with Crippen LogP contribution in [0, 0.1) is 5.82 Å². The molecule has 0 aromatic heterocycles. The van der Waals surface area contributed by atoms with Gasteiger partial charge >= 0.3 is 6.36 Å². The van der Waals surface area contributed by atoms with Crippen LogP contribution in [-0.4, -0.2) is 61.8 Å². The molecule has 2 rings (SSSR count). The molecule has 1 amide bonds. The molecule has 24 heavy (non-hydrogen) atoms. The molecule has 0 bridgehead atoms. The van der Waals surface area contributed by atoms with Crippen molar-refractivity contribution in [1.29, 1.82) is 0 Å². The molecule has 1 saturated heterocycles. The summed E-state index contributed by atoms with van der Waals surface area (Å²) in [5.41, 5.74) is 5.62. The number of amides is 1. The number of hydrogen-bond donors (Lipinski definition) is 1. The average molecular weight is 349 g/mol. The van der Waals surface area contributed by atoms with E-state index in [1.807, 2.05) is 11.9 Å². The lowest BCUT2D eigenvalue weighted by Crippen LogP contribution is -2.47. The van der Waals surface area contributed by atoms with Crippen LogP contribution in [-0.2, 0) is 4.79 Å². The highest BCUT2D eigenvalue weighted by Crippen LogP contribution is 2.28. The van der Waals surface area contributed by atoms with Gasteiger partial charge < -0.3 is 15.4 Å². The van der Waals surface area contributed by atoms with Crippen molar-refractivity contribution in [2.75, 3.05) is 39.8 Å². The molecule has 1 aromatic rings. The molecule has 1 aliphatic rings. The number of alkyl halides is 3. The van der Waals surface area contributed by atoms with Crippen LogP contribution in [0.15, 0.2) is 18.2 Å². The van der Waals surface area contributed by atoms with Crippen molar-refractivity contribution in [1.82, 2.24) is 9.80 Å². The number of carbonyl (C=O) groups is 1. The van der Waals surface area contributed by atoms with Crippen molar-refractivity contribution in [3.8, 4) is 5.75 Å². The topological polar surface area (TPSA) is 58.8 Å². The average Bonchev–Trinajstić information content (AvgIpc) is 2.47. The van der Waals surface area contributed by atoms with Crippen LogP contribution < -0.4 is 10.5 Å². The number of carbonyl (C=O) groups excluding carboxylic acids is 1. The first-order valence-corrected chi connectivity index (χ1v) is 7.41. The van der Waals surface area contributed by atoms with Crippen LogP contribution in [0.4, 0.5) is 17.6 Å². The second-order valence-corrected chi connectivity index (χ2v) is 5.80. The minimum atomic E-state index is -4.98. The van der Waals surface area contributed by atoms with E-state index in [2.05, 4.69) is 9.64 Å². The molecular weight excluding hydrogens is 330 g/mol. The highest BCUT2D eigenvalue weighted by atomic mass is 19.4. The molecule has 5 nitrogen and oxygen atoms in total. The molecule has 134 valence electrons. The number of piperazine rings is 1. The summed E-state index contributed by atoms with van der Waals surface area (Å²) < 4.78 is 53.9. The summed E-state index contributed by atoms with van der Waals surface area (Å²) in [5.74, 6) is -3.58. The summed E-state index contributed by atoms with van der Waals surface area (Å²) in [7, 11) is 1.98. The maximum atomic E-state index is 13.8. The minimum Gasteiger partial charge on any atom is -0.403 e. The third-order valence-electron chi connectivity index (χ3n) is 3.96. The number of rotatable bonds is 5. The Morgan fingerprint density at radius 3 is 2.42 bits per heavy atom. The lowest BCUT2D eigenvalue weighted by molar-refractivity contribution is -0.275. The van der Waals surface area contributed by atoms with Crippen LogP contribution in [0.5, 0.6) is 5.75 Å². The largest absolute Gasteiger partial charge is 0.573 e. The SMILES string of the molecule is CN1CCN(C[C@H](C(N)=O)c2ccc(OC(F)(F)F)c(F)c2)CC1. The Kier molecular flexibility index (Phi) is 5.66. The molecule has 1 heterocycles. The summed E-state index contributed by atoms with van der Waals surface area (Å²) in [6.07, 6.45) is -4.98. The normalized spacial score (nSPS) is 18.4. The van der Waals surface area contributed by atoms with Gasteiger partial charge in [0, 0.05) is 32.7 Å². The van der Waals surface area contributed by atoms with E-state index in [9.17, 15) is 22.4 Å². The summed E-state index contributed by atoms with van der Waals surface area (Å²) >= 11 is 0. The highest BCUT2D eigenvalue weighted by molar-refractivity contribution is 5.82. The molecule has 1 aromatic carbocycles. The smallest absolute Gasteiger partial charge is 0.403 e. The van der Waals surface area contributed by atoms with Crippen molar-refractivity contribution in [3.63, 3.8) is 0 Å². The van der Waals surface area contributed by atoms with Gasteiger partial charge in [0.25, 0.3) is 0 Å². The van der Waals surface area contributed by atoms with Gasteiger partial charge in [0.15, 0.2) is 11.6 Å². The number of nitrogens with zero attached hydrogens (tertiary/aromatic N) is 2. The molecule has 1 aliphatic heterocycles. The molecule has 9 heteroatoms. The summed E-state index contributed by atoms with van der Waals surface area (Å²) in [6.45, 7) is 3.43. The molecule has 2 N–H and O–H groups in total. The predicted octanol–water partition coefficient (Wildman–Crippen LogP) is 1.54. The number of primary amides is 1. The van der Waals surface area contributed by atoms with Crippen molar-refractivity contribution in [3.05, 3.63) is 29.6 Å². The van der Waals surface area contributed by atoms with Crippen LogP contribution >= 0.6 is 0 Å². The lowest BCUT2D eigenvalue weighted by Gasteiger charge is -2.34. The van der Waals surface area contributed by atoms with E-state index in [0.29, 0.717) is 6.54 Å². The molecule has 1 fully saturated rings. The van der Waals surface area contributed by atoms with Crippen molar-refractivity contribution in [2.24, 2.45) is 5.73 Å². The number of ether oxygens (including phenoxy) is 1. The first kappa shape index (κ1) is 18.5. The maximum Gasteiger partial charge on any atom is 0.573 e. The molecule has 0 unspecified atom stereocenters. The van der Waals surface area contributed by atoms with Crippen molar-refractivity contribution >= 4 is 5.91 Å². The highest BCUT2D eigenvalue weighted by Gasteiger charge is 2.33. The van der Waals surface area contributed by atoms with Gasteiger partial charge in [-0.15, -0.1) is 13.2 Å². The molecule has 1 atom stereocenters. The fourth-order valence-corrected chi connectivity index (χ4v) is 2.59. The minimum absolute atomic E-state index is 0.230. The Morgan fingerprint density at radius 1 is 1.29 bits per heavy atom. The predicted molar refractivity (Wildman–Crippen MR) is 79.0 cm³/mol. The molecular formula is C15H19F4N3O2. The van der Waals surface area contributed by atoms with Gasteiger partial charge in [-0.25, -0.2) is 4.39 Å². The Bertz CT molecular complexity index is 587. The van der Waals surface area contributed by atoms with Gasteiger partial charge in [-0.1, -0.05) is 6.07 Å². The van der Waals surface area contributed by atoms with Crippen molar-refractivity contribution in [2.45, 2.75) is 12.3 Å². The Balaban J connectivity index is 2.13. The fraction of sp³-hybridized carbons (Fsp3) is 0.533. The first-order chi connectivity index (χ1) is 11.2. The van der Waals surface area contributed by atoms with Gasteiger partial charge in [0.05, 0.1) is 5.92 Å². The standard InChI is InChI=1S/C15H19F4N3O2/c1-21-4-6-22(7-5-21)9-11(14(20)23)10-2-3-13(12(16)8-10)24-15(17,18)19/h2-3,8,11H,4-7,9H2,1H3,(H2,20,23)/t11-/m0/s1. The van der Waals surface area contributed by atoms with Gasteiger partial charge in [-0.3, -0.25) is 9.69 Å². The van der Waals surface area contributed by atoms with Gasteiger partial charge in [0.2, 0.25) is 5.91 Å². The summed E-state index contributed by atoms with van der Waals surface area (Å²) in [6, 6.07) is 2.96. The van der Waals surface area contributed by atoms with Gasteiger partial charge in [-0.2, -0.15) is 0 Å². The Labute approximate surface area is 137 Å². The third kappa shape index (κ3) is 5.07. The van der Waals surface area contributed by atoms with E-state index in [-0.39, 0.29) is 5.56 Å². The maximum absolute atomic E-state index is 13.8. The van der Waals surface area contributed by atoms with E-state index in [1.165, 1.54) is 6.07 Å². The summed E-state index contributed by atoms with van der Waals surface area (Å²) in [4.78, 5) is 15.9. The Hall–Kier alpha value is -1.87. The van der Waals surface area contributed by atoms with E-state index in [1.54, 1.807) is 0 Å². The molecule has 0 saturated carbocycles. The zero-order valence-electron chi connectivity index (χ0n) is 13.1. The number of benzene rings is 1. The summed E-state index contributed by atoms with van der Waals surface area (Å²) in [5, 5.41) is 0. The van der Waals surface area contributed by atoms with Gasteiger partial charge in [-0.05, 0) is 24.7 Å². The number of hydrogen-bond acceptors (Lipinski definition) is 4. The second kappa shape index (κ2) is 7.35. The number of halogens is 4. The zero-order chi connectivity index (χ0) is 17.9.